The highest BCUT2D eigenvalue weighted by atomic mass is 16.5. The molecule has 0 saturated carbocycles. The Morgan fingerprint density at radius 2 is 1.87 bits per heavy atom. The number of ether oxygens (including phenoxy) is 2. The molecule has 1 amide bonds. The average molecular weight is 334 g/mol. The number of nitrogens with zero attached hydrogens (tertiary/aromatic N) is 2. The second-order valence-electron chi connectivity index (χ2n) is 4.93. The number of hydrogen-bond donors (Lipinski definition) is 3. The van der Waals surface area contributed by atoms with Gasteiger partial charge in [0.15, 0.2) is 0 Å². The van der Waals surface area contributed by atoms with E-state index in [2.05, 4.69) is 0 Å². The molecule has 0 aliphatic carbocycles. The Morgan fingerprint density at radius 3 is 2.35 bits per heavy atom. The van der Waals surface area contributed by atoms with Crippen molar-refractivity contribution in [2.75, 3.05) is 46.2 Å². The van der Waals surface area contributed by atoms with E-state index in [0.717, 1.165) is 0 Å². The summed E-state index contributed by atoms with van der Waals surface area (Å²) in [6, 6.07) is -0.287. The minimum atomic E-state index is -1.08. The maximum absolute atomic E-state index is 11.6. The third-order valence-corrected chi connectivity index (χ3v) is 2.90. The van der Waals surface area contributed by atoms with Gasteiger partial charge in [-0.2, -0.15) is 0 Å². The molecule has 5 N–H and O–H groups in total. The molecule has 10 nitrogen and oxygen atoms in total. The number of carbonyl (C=O) groups excluding carboxylic acids is 2. The minimum absolute atomic E-state index is 0.0217. The highest BCUT2D eigenvalue weighted by Crippen LogP contribution is 2.04. The average Bonchev–Trinajstić information content (AvgIpc) is 2.41. The number of esters is 1. The number of carboxylic acid groups (broad SMARTS) is 1. The molecule has 10 heteroatoms. The summed E-state index contributed by atoms with van der Waals surface area (Å²) in [6.45, 7) is 3.43. The fraction of sp³-hybridized carbons (Fsp3) is 0.769. The summed E-state index contributed by atoms with van der Waals surface area (Å²) in [5, 5.41) is 8.88. The number of carbonyl (C=O) groups is 3. The lowest BCUT2D eigenvalue weighted by Crippen LogP contribution is -2.48. The first-order valence-electron chi connectivity index (χ1n) is 7.20. The van der Waals surface area contributed by atoms with Crippen LogP contribution in [-0.2, 0) is 23.9 Å². The molecular weight excluding hydrogens is 308 g/mol. The number of rotatable bonds is 13. The molecule has 0 aromatic carbocycles. The van der Waals surface area contributed by atoms with Crippen LogP contribution in [0.2, 0.25) is 0 Å². The second kappa shape index (κ2) is 11.8. The zero-order chi connectivity index (χ0) is 17.8. The molecule has 23 heavy (non-hydrogen) atoms. The Kier molecular flexibility index (Phi) is 10.9. The van der Waals surface area contributed by atoms with Crippen LogP contribution < -0.4 is 11.5 Å². The highest BCUT2D eigenvalue weighted by molar-refractivity contribution is 5.77. The van der Waals surface area contributed by atoms with Gasteiger partial charge >= 0.3 is 11.9 Å². The molecule has 0 spiro atoms. The topological polar surface area (TPSA) is 148 Å². The molecule has 0 heterocycles. The fourth-order valence-electron chi connectivity index (χ4n) is 1.96. The number of hydrogen-bond acceptors (Lipinski definition) is 8. The molecule has 0 rings (SSSR count). The predicted octanol–water partition coefficient (Wildman–Crippen LogP) is -2.00. The van der Waals surface area contributed by atoms with Gasteiger partial charge in [-0.15, -0.1) is 0 Å². The summed E-state index contributed by atoms with van der Waals surface area (Å²) in [6.07, 6.45) is 0. The SMILES string of the molecule is CCOC(=O)CN(COCN)[C@@H](C)CN(CC(N)=O)CC(=O)O. The van der Waals surface area contributed by atoms with Crippen molar-refractivity contribution in [1.82, 2.24) is 9.80 Å². The van der Waals surface area contributed by atoms with Gasteiger partial charge in [-0.1, -0.05) is 0 Å². The van der Waals surface area contributed by atoms with Gasteiger partial charge in [-0.3, -0.25) is 24.2 Å². The Labute approximate surface area is 135 Å². The fourth-order valence-corrected chi connectivity index (χ4v) is 1.96. The summed E-state index contributed by atoms with van der Waals surface area (Å²) in [4.78, 5) is 36.5. The van der Waals surface area contributed by atoms with E-state index in [-0.39, 0.29) is 52.3 Å². The molecule has 0 aliphatic heterocycles. The Hall–Kier alpha value is -1.75. The quantitative estimate of drug-likeness (QED) is 0.257. The Morgan fingerprint density at radius 1 is 1.22 bits per heavy atom. The van der Waals surface area contributed by atoms with E-state index in [1.807, 2.05) is 0 Å². The van der Waals surface area contributed by atoms with E-state index in [9.17, 15) is 14.4 Å². The molecule has 0 aromatic rings. The zero-order valence-electron chi connectivity index (χ0n) is 13.6. The third-order valence-electron chi connectivity index (χ3n) is 2.90. The first kappa shape index (κ1) is 21.2. The summed E-state index contributed by atoms with van der Waals surface area (Å²) in [5.41, 5.74) is 10.4. The van der Waals surface area contributed by atoms with Crippen LogP contribution in [0.25, 0.3) is 0 Å². The Bertz CT molecular complexity index is 377. The van der Waals surface area contributed by atoms with Gasteiger partial charge in [0.25, 0.3) is 0 Å². The standard InChI is InChI=1S/C13H26N4O6/c1-3-23-13(21)7-17(9-22-8-14)10(2)4-16(5-11(15)18)6-12(19)20/h10H,3-9,14H2,1-2H3,(H2,15,18)(H,19,20)/t10-/m0/s1. The van der Waals surface area contributed by atoms with Crippen molar-refractivity contribution >= 4 is 17.8 Å². The van der Waals surface area contributed by atoms with E-state index in [4.69, 9.17) is 26.0 Å². The van der Waals surface area contributed by atoms with Gasteiger partial charge in [0.2, 0.25) is 5.91 Å². The van der Waals surface area contributed by atoms with Crippen LogP contribution in [0, 0.1) is 0 Å². The van der Waals surface area contributed by atoms with E-state index in [1.54, 1.807) is 18.7 Å². The molecule has 0 bridgehead atoms. The van der Waals surface area contributed by atoms with Crippen molar-refractivity contribution < 1.29 is 29.0 Å². The maximum Gasteiger partial charge on any atom is 0.320 e. The van der Waals surface area contributed by atoms with Gasteiger partial charge in [0.05, 0.1) is 33.0 Å². The van der Waals surface area contributed by atoms with Crippen LogP contribution in [0.3, 0.4) is 0 Å². The van der Waals surface area contributed by atoms with Crippen LogP contribution in [0.15, 0.2) is 0 Å². The largest absolute Gasteiger partial charge is 0.480 e. The first-order valence-corrected chi connectivity index (χ1v) is 7.20. The normalized spacial score (nSPS) is 12.4. The summed E-state index contributed by atoms with van der Waals surface area (Å²) in [7, 11) is 0. The number of carboxylic acids is 1. The monoisotopic (exact) mass is 334 g/mol. The first-order chi connectivity index (χ1) is 10.8. The molecule has 0 fully saturated rings. The predicted molar refractivity (Wildman–Crippen MR) is 81.1 cm³/mol. The van der Waals surface area contributed by atoms with Crippen molar-refractivity contribution in [1.29, 1.82) is 0 Å². The smallest absolute Gasteiger partial charge is 0.320 e. The van der Waals surface area contributed by atoms with Crippen LogP contribution in [0.5, 0.6) is 0 Å². The van der Waals surface area contributed by atoms with E-state index in [1.165, 1.54) is 4.90 Å². The number of amides is 1. The molecule has 134 valence electrons. The second-order valence-corrected chi connectivity index (χ2v) is 4.93. The lowest BCUT2D eigenvalue weighted by molar-refractivity contribution is -0.147. The van der Waals surface area contributed by atoms with E-state index in [0.29, 0.717) is 0 Å². The van der Waals surface area contributed by atoms with Gasteiger partial charge in [-0.25, -0.2) is 0 Å². The molecule has 0 unspecified atom stereocenters. The summed E-state index contributed by atoms with van der Waals surface area (Å²) < 4.78 is 10.00. The molecule has 0 radical (unpaired) electrons. The molecule has 0 saturated heterocycles. The van der Waals surface area contributed by atoms with Gasteiger partial charge in [0.1, 0.15) is 6.73 Å². The molecule has 0 aliphatic rings. The van der Waals surface area contributed by atoms with Crippen molar-refractivity contribution in [2.24, 2.45) is 11.5 Å². The summed E-state index contributed by atoms with van der Waals surface area (Å²) in [5.74, 6) is -2.14. The van der Waals surface area contributed by atoms with Crippen molar-refractivity contribution in [3.63, 3.8) is 0 Å². The van der Waals surface area contributed by atoms with Crippen molar-refractivity contribution in [3.8, 4) is 0 Å². The highest BCUT2D eigenvalue weighted by Gasteiger charge is 2.22. The lowest BCUT2D eigenvalue weighted by Gasteiger charge is -2.31. The van der Waals surface area contributed by atoms with Crippen LogP contribution in [-0.4, -0.2) is 85.0 Å². The molecule has 0 aromatic heterocycles. The van der Waals surface area contributed by atoms with Gasteiger partial charge in [-0.05, 0) is 13.8 Å². The van der Waals surface area contributed by atoms with Crippen LogP contribution in [0.4, 0.5) is 0 Å². The molecule has 1 atom stereocenters. The number of nitrogens with two attached hydrogens (primary N) is 2. The van der Waals surface area contributed by atoms with Gasteiger partial charge < -0.3 is 26.0 Å². The van der Waals surface area contributed by atoms with Crippen molar-refractivity contribution in [2.45, 2.75) is 19.9 Å². The van der Waals surface area contributed by atoms with Crippen LogP contribution in [0.1, 0.15) is 13.8 Å². The number of primary amides is 1. The lowest BCUT2D eigenvalue weighted by atomic mass is 10.2. The van der Waals surface area contributed by atoms with E-state index < -0.39 is 17.8 Å². The van der Waals surface area contributed by atoms with Crippen molar-refractivity contribution in [3.05, 3.63) is 0 Å². The number of aliphatic carboxylic acids is 1. The molecular formula is C13H26N4O6. The van der Waals surface area contributed by atoms with Crippen LogP contribution >= 0.6 is 0 Å². The zero-order valence-corrected chi connectivity index (χ0v) is 13.6. The third kappa shape index (κ3) is 10.6. The minimum Gasteiger partial charge on any atom is -0.480 e. The van der Waals surface area contributed by atoms with E-state index >= 15 is 0 Å². The maximum atomic E-state index is 11.6. The Balaban J connectivity index is 4.79. The summed E-state index contributed by atoms with van der Waals surface area (Å²) >= 11 is 0. The van der Waals surface area contributed by atoms with Gasteiger partial charge in [0, 0.05) is 12.6 Å².